The second kappa shape index (κ2) is 5.22. The lowest BCUT2D eigenvalue weighted by Gasteiger charge is -2.41. The maximum atomic E-state index is 3.64. The molecule has 0 aromatic heterocycles. The van der Waals surface area contributed by atoms with Crippen LogP contribution in [0.1, 0.15) is 49.3 Å². The highest BCUT2D eigenvalue weighted by molar-refractivity contribution is 5.29. The molecule has 0 unspecified atom stereocenters. The van der Waals surface area contributed by atoms with Crippen LogP contribution >= 0.6 is 0 Å². The van der Waals surface area contributed by atoms with Crippen molar-refractivity contribution >= 4 is 0 Å². The summed E-state index contributed by atoms with van der Waals surface area (Å²) >= 11 is 0. The molecule has 2 rings (SSSR count). The summed E-state index contributed by atoms with van der Waals surface area (Å²) in [4.78, 5) is 0. The average Bonchev–Trinajstić information content (AvgIpc) is 2.27. The van der Waals surface area contributed by atoms with Gasteiger partial charge in [0.05, 0.1) is 0 Å². The lowest BCUT2D eigenvalue weighted by Crippen LogP contribution is -2.39. The molecule has 17 heavy (non-hydrogen) atoms. The van der Waals surface area contributed by atoms with Crippen molar-refractivity contribution in [3.05, 3.63) is 34.9 Å². The van der Waals surface area contributed by atoms with Crippen LogP contribution in [0.2, 0.25) is 0 Å². The quantitative estimate of drug-likeness (QED) is 0.808. The van der Waals surface area contributed by atoms with E-state index in [-0.39, 0.29) is 0 Å². The Morgan fingerprint density at radius 3 is 2.47 bits per heavy atom. The van der Waals surface area contributed by atoms with Gasteiger partial charge in [-0.15, -0.1) is 0 Å². The van der Waals surface area contributed by atoms with Crippen LogP contribution in [0.15, 0.2) is 18.2 Å². The van der Waals surface area contributed by atoms with Crippen LogP contribution in [-0.4, -0.2) is 6.54 Å². The number of hydrogen-bond donors (Lipinski definition) is 1. The molecule has 0 saturated heterocycles. The van der Waals surface area contributed by atoms with Crippen molar-refractivity contribution in [2.75, 3.05) is 6.54 Å². The summed E-state index contributed by atoms with van der Waals surface area (Å²) in [7, 11) is 0. The van der Waals surface area contributed by atoms with E-state index in [1.807, 2.05) is 0 Å². The molecule has 1 aliphatic rings. The molecular weight excluding hydrogens is 206 g/mol. The normalized spacial score (nSPS) is 17.8. The van der Waals surface area contributed by atoms with Gasteiger partial charge in [0.2, 0.25) is 0 Å². The largest absolute Gasteiger partial charge is 0.312 e. The van der Waals surface area contributed by atoms with Gasteiger partial charge in [0.1, 0.15) is 0 Å². The fourth-order valence-corrected chi connectivity index (χ4v) is 2.72. The van der Waals surface area contributed by atoms with E-state index in [9.17, 15) is 0 Å². The topological polar surface area (TPSA) is 12.0 Å². The Morgan fingerprint density at radius 2 is 1.94 bits per heavy atom. The van der Waals surface area contributed by atoms with E-state index in [0.717, 1.165) is 6.54 Å². The minimum absolute atomic E-state index is 0.625. The number of benzene rings is 1. The monoisotopic (exact) mass is 231 g/mol. The highest BCUT2D eigenvalue weighted by atomic mass is 14.9. The predicted molar refractivity (Wildman–Crippen MR) is 74.2 cm³/mol. The SMILES string of the molecule is CCC1(CNCc2ccc(C)c(C)c2)CCC1. The second-order valence-electron chi connectivity index (χ2n) is 5.73. The lowest BCUT2D eigenvalue weighted by atomic mass is 9.67. The zero-order valence-electron chi connectivity index (χ0n) is 11.5. The van der Waals surface area contributed by atoms with E-state index in [1.54, 1.807) is 0 Å². The maximum absolute atomic E-state index is 3.64. The Balaban J connectivity index is 1.83. The Kier molecular flexibility index (Phi) is 3.88. The van der Waals surface area contributed by atoms with Crippen molar-refractivity contribution in [1.82, 2.24) is 5.32 Å². The van der Waals surface area contributed by atoms with Crippen LogP contribution in [0.5, 0.6) is 0 Å². The van der Waals surface area contributed by atoms with E-state index in [0.29, 0.717) is 5.41 Å². The first kappa shape index (κ1) is 12.6. The summed E-state index contributed by atoms with van der Waals surface area (Å²) in [5.41, 5.74) is 4.83. The third-order valence-electron chi connectivity index (χ3n) is 4.56. The van der Waals surface area contributed by atoms with Gasteiger partial charge in [-0.05, 0) is 55.2 Å². The van der Waals surface area contributed by atoms with E-state index in [4.69, 9.17) is 0 Å². The Hall–Kier alpha value is -0.820. The zero-order chi connectivity index (χ0) is 12.3. The summed E-state index contributed by atoms with van der Waals surface area (Å²) in [5.74, 6) is 0. The van der Waals surface area contributed by atoms with Gasteiger partial charge in [0, 0.05) is 13.1 Å². The van der Waals surface area contributed by atoms with Crippen molar-refractivity contribution in [2.45, 2.75) is 53.0 Å². The summed E-state index contributed by atoms with van der Waals surface area (Å²) in [6.07, 6.45) is 5.60. The number of nitrogens with one attached hydrogen (secondary N) is 1. The first-order valence-corrected chi connectivity index (χ1v) is 6.92. The molecule has 94 valence electrons. The Bertz CT molecular complexity index is 372. The molecule has 1 aliphatic carbocycles. The van der Waals surface area contributed by atoms with Gasteiger partial charge < -0.3 is 5.32 Å². The maximum Gasteiger partial charge on any atom is 0.0205 e. The summed E-state index contributed by atoms with van der Waals surface area (Å²) in [6, 6.07) is 6.78. The van der Waals surface area contributed by atoms with Gasteiger partial charge in [-0.1, -0.05) is 31.5 Å². The van der Waals surface area contributed by atoms with Crippen LogP contribution in [0.25, 0.3) is 0 Å². The highest BCUT2D eigenvalue weighted by Crippen LogP contribution is 2.43. The van der Waals surface area contributed by atoms with Gasteiger partial charge in [-0.2, -0.15) is 0 Å². The van der Waals surface area contributed by atoms with Crippen LogP contribution in [0.4, 0.5) is 0 Å². The lowest BCUT2D eigenvalue weighted by molar-refractivity contribution is 0.124. The molecule has 1 saturated carbocycles. The standard InChI is InChI=1S/C16H25N/c1-4-16(8-5-9-16)12-17-11-15-7-6-13(2)14(3)10-15/h6-7,10,17H,4-5,8-9,11-12H2,1-3H3. The molecule has 0 bridgehead atoms. The van der Waals surface area contributed by atoms with Gasteiger partial charge in [0.25, 0.3) is 0 Å². The van der Waals surface area contributed by atoms with Crippen molar-refractivity contribution in [3.63, 3.8) is 0 Å². The minimum Gasteiger partial charge on any atom is -0.312 e. The molecule has 0 radical (unpaired) electrons. The van der Waals surface area contributed by atoms with Gasteiger partial charge in [-0.25, -0.2) is 0 Å². The Morgan fingerprint density at radius 1 is 1.18 bits per heavy atom. The van der Waals surface area contributed by atoms with Crippen molar-refractivity contribution in [2.24, 2.45) is 5.41 Å². The fourth-order valence-electron chi connectivity index (χ4n) is 2.72. The molecule has 1 heteroatoms. The van der Waals surface area contributed by atoms with Crippen molar-refractivity contribution in [1.29, 1.82) is 0 Å². The first-order chi connectivity index (χ1) is 8.15. The molecule has 0 heterocycles. The molecule has 0 atom stereocenters. The fraction of sp³-hybridized carbons (Fsp3) is 0.625. The minimum atomic E-state index is 0.625. The molecule has 1 aromatic carbocycles. The second-order valence-corrected chi connectivity index (χ2v) is 5.73. The predicted octanol–water partition coefficient (Wildman–Crippen LogP) is 3.97. The molecule has 1 N–H and O–H groups in total. The molecule has 1 fully saturated rings. The number of rotatable bonds is 5. The molecule has 1 aromatic rings. The summed E-state index contributed by atoms with van der Waals surface area (Å²) in [5, 5.41) is 3.64. The summed E-state index contributed by atoms with van der Waals surface area (Å²) < 4.78 is 0. The molecular formula is C16H25N. The van der Waals surface area contributed by atoms with E-state index in [1.165, 1.54) is 48.9 Å². The van der Waals surface area contributed by atoms with E-state index >= 15 is 0 Å². The number of aryl methyl sites for hydroxylation is 2. The smallest absolute Gasteiger partial charge is 0.0205 e. The third-order valence-corrected chi connectivity index (χ3v) is 4.56. The highest BCUT2D eigenvalue weighted by Gasteiger charge is 2.34. The third kappa shape index (κ3) is 2.90. The Labute approximate surface area is 106 Å². The average molecular weight is 231 g/mol. The van der Waals surface area contributed by atoms with E-state index in [2.05, 4.69) is 44.3 Å². The van der Waals surface area contributed by atoms with E-state index < -0.39 is 0 Å². The van der Waals surface area contributed by atoms with Gasteiger partial charge >= 0.3 is 0 Å². The zero-order valence-corrected chi connectivity index (χ0v) is 11.5. The van der Waals surface area contributed by atoms with Crippen molar-refractivity contribution in [3.8, 4) is 0 Å². The molecule has 0 amide bonds. The van der Waals surface area contributed by atoms with Gasteiger partial charge in [-0.3, -0.25) is 0 Å². The summed E-state index contributed by atoms with van der Waals surface area (Å²) in [6.45, 7) is 8.90. The van der Waals surface area contributed by atoms with Crippen LogP contribution in [-0.2, 0) is 6.54 Å². The molecule has 0 spiro atoms. The first-order valence-electron chi connectivity index (χ1n) is 6.92. The van der Waals surface area contributed by atoms with Gasteiger partial charge in [0.15, 0.2) is 0 Å². The van der Waals surface area contributed by atoms with Crippen LogP contribution in [0.3, 0.4) is 0 Å². The van der Waals surface area contributed by atoms with Crippen LogP contribution < -0.4 is 5.32 Å². The van der Waals surface area contributed by atoms with Crippen LogP contribution in [0, 0.1) is 19.3 Å². The number of hydrogen-bond acceptors (Lipinski definition) is 1. The molecule has 0 aliphatic heterocycles. The molecule has 1 nitrogen and oxygen atoms in total. The van der Waals surface area contributed by atoms with Crippen molar-refractivity contribution < 1.29 is 0 Å².